The number of anilines is 1. The monoisotopic (exact) mass is 453 g/mol. The molecule has 0 radical (unpaired) electrons. The molecule has 2 aliphatic rings. The van der Waals surface area contributed by atoms with Crippen LogP contribution in [0.5, 0.6) is 0 Å². The van der Waals surface area contributed by atoms with E-state index in [1.807, 2.05) is 24.3 Å². The van der Waals surface area contributed by atoms with E-state index in [2.05, 4.69) is 22.5 Å². The highest BCUT2D eigenvalue weighted by Crippen LogP contribution is 2.40. The molecule has 7 nitrogen and oxygen atoms in total. The van der Waals surface area contributed by atoms with Crippen LogP contribution in [0.3, 0.4) is 0 Å². The Morgan fingerprint density at radius 2 is 2.00 bits per heavy atom. The second-order valence-corrected chi connectivity index (χ2v) is 9.69. The molecular weight excluding hydrogens is 426 g/mol. The van der Waals surface area contributed by atoms with Crippen LogP contribution >= 0.6 is 11.3 Å². The molecule has 0 spiro atoms. The van der Waals surface area contributed by atoms with Crippen molar-refractivity contribution >= 4 is 34.1 Å². The van der Waals surface area contributed by atoms with Gasteiger partial charge in [0, 0.05) is 23.8 Å². The average Bonchev–Trinajstić information content (AvgIpc) is 3.14. The number of hydrogen-bond donors (Lipinski definition) is 3. The summed E-state index contributed by atoms with van der Waals surface area (Å²) in [7, 11) is 0. The number of amides is 2. The summed E-state index contributed by atoms with van der Waals surface area (Å²) in [5, 5.41) is 15.9. The number of allylic oxidation sites excluding steroid dienone is 2. The molecule has 2 aliphatic carbocycles. The van der Waals surface area contributed by atoms with Gasteiger partial charge in [0.25, 0.3) is 5.91 Å². The molecule has 2 aromatic heterocycles. The molecule has 2 heterocycles. The summed E-state index contributed by atoms with van der Waals surface area (Å²) in [6.07, 6.45) is 10.4. The Bertz CT molecular complexity index is 1050. The molecule has 2 amide bonds. The molecule has 3 N–H and O–H groups in total. The van der Waals surface area contributed by atoms with E-state index in [4.69, 9.17) is 0 Å². The smallest absolute Gasteiger partial charge is 0.307 e. The lowest BCUT2D eigenvalue weighted by atomic mass is 9.82. The van der Waals surface area contributed by atoms with Crippen molar-refractivity contribution in [1.82, 2.24) is 10.3 Å². The fourth-order valence-electron chi connectivity index (χ4n) is 4.43. The average molecular weight is 454 g/mol. The topological polar surface area (TPSA) is 108 Å². The fourth-order valence-corrected chi connectivity index (χ4v) is 5.85. The van der Waals surface area contributed by atoms with Gasteiger partial charge < -0.3 is 15.7 Å². The number of rotatable bonds is 6. The highest BCUT2D eigenvalue weighted by molar-refractivity contribution is 7.17. The number of pyridine rings is 1. The molecule has 32 heavy (non-hydrogen) atoms. The first-order valence-corrected chi connectivity index (χ1v) is 11.8. The first kappa shape index (κ1) is 22.2. The van der Waals surface area contributed by atoms with E-state index in [1.165, 1.54) is 11.3 Å². The van der Waals surface area contributed by atoms with Gasteiger partial charge in [0.15, 0.2) is 0 Å². The summed E-state index contributed by atoms with van der Waals surface area (Å²) in [6, 6.07) is 3.71. The molecule has 8 heteroatoms. The van der Waals surface area contributed by atoms with Gasteiger partial charge in [-0.25, -0.2) is 0 Å². The summed E-state index contributed by atoms with van der Waals surface area (Å²) >= 11 is 1.45. The number of carbonyl (C=O) groups excluding carboxylic acids is 2. The highest BCUT2D eigenvalue weighted by atomic mass is 32.1. The molecular formula is C24H27N3O4S. The van der Waals surface area contributed by atoms with Crippen molar-refractivity contribution in [2.75, 3.05) is 5.32 Å². The van der Waals surface area contributed by atoms with Crippen LogP contribution in [-0.4, -0.2) is 27.9 Å². The van der Waals surface area contributed by atoms with E-state index in [-0.39, 0.29) is 11.8 Å². The molecule has 168 valence electrons. The molecule has 0 unspecified atom stereocenters. The number of aliphatic carboxylic acids is 1. The first-order chi connectivity index (χ1) is 15.4. The number of carbonyl (C=O) groups is 3. The van der Waals surface area contributed by atoms with Crippen molar-refractivity contribution in [1.29, 1.82) is 0 Å². The lowest BCUT2D eigenvalue weighted by Crippen LogP contribution is -2.35. The van der Waals surface area contributed by atoms with Crippen molar-refractivity contribution in [2.45, 2.75) is 45.6 Å². The van der Waals surface area contributed by atoms with E-state index in [9.17, 15) is 19.5 Å². The quantitative estimate of drug-likeness (QED) is 0.577. The lowest BCUT2D eigenvalue weighted by molar-refractivity contribution is -0.146. The maximum Gasteiger partial charge on any atom is 0.307 e. The maximum atomic E-state index is 13.2. The molecule has 0 fully saturated rings. The fraction of sp³-hybridized carbons (Fsp3) is 0.417. The van der Waals surface area contributed by atoms with Crippen molar-refractivity contribution in [3.8, 4) is 0 Å². The van der Waals surface area contributed by atoms with E-state index in [1.54, 1.807) is 12.4 Å². The van der Waals surface area contributed by atoms with E-state index in [0.29, 0.717) is 35.9 Å². The van der Waals surface area contributed by atoms with Crippen LogP contribution in [0.2, 0.25) is 0 Å². The Hall–Kier alpha value is -3.00. The van der Waals surface area contributed by atoms with E-state index < -0.39 is 17.8 Å². The molecule has 2 aromatic rings. The van der Waals surface area contributed by atoms with Gasteiger partial charge in [-0.05, 0) is 55.2 Å². The number of carboxylic acids is 1. The van der Waals surface area contributed by atoms with Crippen molar-refractivity contribution in [2.24, 2.45) is 17.8 Å². The molecule has 0 bridgehead atoms. The van der Waals surface area contributed by atoms with E-state index >= 15 is 0 Å². The Kier molecular flexibility index (Phi) is 6.69. The number of aromatic nitrogens is 1. The summed E-state index contributed by atoms with van der Waals surface area (Å²) in [5.74, 6) is -2.41. The van der Waals surface area contributed by atoms with Crippen molar-refractivity contribution in [3.63, 3.8) is 0 Å². The number of carboxylic acid groups (broad SMARTS) is 1. The minimum atomic E-state index is -0.969. The number of hydrogen-bond acceptors (Lipinski definition) is 5. The van der Waals surface area contributed by atoms with Gasteiger partial charge in [-0.1, -0.05) is 25.1 Å². The summed E-state index contributed by atoms with van der Waals surface area (Å²) in [5.41, 5.74) is 2.42. The van der Waals surface area contributed by atoms with Crippen LogP contribution in [-0.2, 0) is 29.0 Å². The molecule has 0 saturated heterocycles. The van der Waals surface area contributed by atoms with Crippen LogP contribution in [0, 0.1) is 17.8 Å². The third kappa shape index (κ3) is 4.75. The summed E-state index contributed by atoms with van der Waals surface area (Å²) in [4.78, 5) is 43.1. The predicted molar refractivity (Wildman–Crippen MR) is 123 cm³/mol. The molecule has 3 atom stereocenters. The van der Waals surface area contributed by atoms with Gasteiger partial charge >= 0.3 is 5.97 Å². The number of nitrogens with one attached hydrogen (secondary N) is 2. The zero-order valence-corrected chi connectivity index (χ0v) is 18.8. The molecule has 0 saturated carbocycles. The number of nitrogens with zero attached hydrogens (tertiary/aromatic N) is 1. The normalized spacial score (nSPS) is 22.1. The number of fused-ring (bicyclic) bond motifs is 1. The first-order valence-electron chi connectivity index (χ1n) is 10.9. The second kappa shape index (κ2) is 9.65. The standard InChI is InChI=1S/C24H27N3O4S/c1-14-8-9-18-19(11-14)32-23(20(18)22(29)26-13-15-5-4-10-25-12-15)27-21(28)16-6-2-3-7-17(16)24(30)31/h2-5,10,12,14,16-17H,6-9,11,13H2,1H3,(H,26,29)(H,27,28)(H,30,31)/t14-,16+,17-/m1/s1. The van der Waals surface area contributed by atoms with Crippen molar-refractivity contribution in [3.05, 3.63) is 58.2 Å². The lowest BCUT2D eigenvalue weighted by Gasteiger charge is -2.24. The van der Waals surface area contributed by atoms with Crippen LogP contribution < -0.4 is 10.6 Å². The maximum absolute atomic E-state index is 13.2. The molecule has 0 aliphatic heterocycles. The molecule has 0 aromatic carbocycles. The minimum absolute atomic E-state index is 0.227. The summed E-state index contributed by atoms with van der Waals surface area (Å²) in [6.45, 7) is 2.53. The zero-order valence-electron chi connectivity index (χ0n) is 18.0. The van der Waals surface area contributed by atoms with Gasteiger partial charge in [0.05, 0.1) is 17.4 Å². The number of thiophene rings is 1. The minimum Gasteiger partial charge on any atom is -0.481 e. The zero-order chi connectivity index (χ0) is 22.7. The SMILES string of the molecule is C[C@@H]1CCc2c(sc(NC(=O)[C@H]3CC=CC[C@H]3C(=O)O)c2C(=O)NCc2cccnc2)C1. The second-order valence-electron chi connectivity index (χ2n) is 8.58. The Labute approximate surface area is 190 Å². The van der Waals surface area contributed by atoms with Crippen LogP contribution in [0.4, 0.5) is 5.00 Å². The van der Waals surface area contributed by atoms with Gasteiger partial charge in [0.1, 0.15) is 5.00 Å². The summed E-state index contributed by atoms with van der Waals surface area (Å²) < 4.78 is 0. The third-order valence-electron chi connectivity index (χ3n) is 6.24. The Morgan fingerprint density at radius 3 is 2.72 bits per heavy atom. The van der Waals surface area contributed by atoms with Gasteiger partial charge in [0.2, 0.25) is 5.91 Å². The van der Waals surface area contributed by atoms with Gasteiger partial charge in [-0.3, -0.25) is 19.4 Å². The Balaban J connectivity index is 1.58. The highest BCUT2D eigenvalue weighted by Gasteiger charge is 2.35. The van der Waals surface area contributed by atoms with Crippen molar-refractivity contribution < 1.29 is 19.5 Å². The van der Waals surface area contributed by atoms with Crippen LogP contribution in [0.15, 0.2) is 36.7 Å². The Morgan fingerprint density at radius 1 is 1.22 bits per heavy atom. The third-order valence-corrected chi connectivity index (χ3v) is 7.41. The van der Waals surface area contributed by atoms with Gasteiger partial charge in [-0.2, -0.15) is 0 Å². The molecule has 4 rings (SSSR count). The van der Waals surface area contributed by atoms with Gasteiger partial charge in [-0.15, -0.1) is 11.3 Å². The van der Waals surface area contributed by atoms with E-state index in [0.717, 1.165) is 35.3 Å². The van der Waals surface area contributed by atoms with Crippen LogP contribution in [0.1, 0.15) is 52.5 Å². The predicted octanol–water partition coefficient (Wildman–Crippen LogP) is 3.80. The largest absolute Gasteiger partial charge is 0.481 e. The van der Waals surface area contributed by atoms with Crippen LogP contribution in [0.25, 0.3) is 0 Å².